The van der Waals surface area contributed by atoms with E-state index in [1.807, 2.05) is 0 Å². The van der Waals surface area contributed by atoms with Crippen LogP contribution in [0.1, 0.15) is 5.56 Å². The second-order valence-corrected chi connectivity index (χ2v) is 4.07. The molecule has 1 aromatic carbocycles. The Balaban J connectivity index is 0.00000196. The molecular weight excluding hydrogens is 255 g/mol. The van der Waals surface area contributed by atoms with Crippen molar-refractivity contribution < 1.29 is 21.6 Å². The molecule has 0 saturated heterocycles. The van der Waals surface area contributed by atoms with Crippen LogP contribution in [0.3, 0.4) is 0 Å². The van der Waals surface area contributed by atoms with Crippen molar-refractivity contribution in [3.8, 4) is 0 Å². The van der Waals surface area contributed by atoms with Crippen molar-refractivity contribution in [2.24, 2.45) is 5.14 Å². The van der Waals surface area contributed by atoms with Crippen LogP contribution in [-0.4, -0.2) is 8.42 Å². The van der Waals surface area contributed by atoms with E-state index in [-0.39, 0.29) is 12.4 Å². The highest BCUT2D eigenvalue weighted by atomic mass is 35.5. The highest BCUT2D eigenvalue weighted by molar-refractivity contribution is 7.89. The monoisotopic (exact) mass is 261 g/mol. The zero-order valence-electron chi connectivity index (χ0n) is 7.15. The van der Waals surface area contributed by atoms with Gasteiger partial charge in [-0.25, -0.2) is 13.6 Å². The Bertz CT molecular complexity index is 444. The molecule has 0 spiro atoms. The summed E-state index contributed by atoms with van der Waals surface area (Å²) in [6.45, 7) is 0. The Labute approximate surface area is 90.5 Å². The maximum atomic E-state index is 12.3. The molecule has 0 atom stereocenters. The lowest BCUT2D eigenvalue weighted by atomic mass is 10.2. The minimum atomic E-state index is -4.72. The van der Waals surface area contributed by atoms with Crippen LogP contribution in [0, 0.1) is 0 Å². The molecule has 0 bridgehead atoms. The molecule has 2 N–H and O–H groups in total. The van der Waals surface area contributed by atoms with Gasteiger partial charge in [-0.2, -0.15) is 13.2 Å². The molecule has 0 aliphatic carbocycles. The van der Waals surface area contributed by atoms with Crippen LogP contribution >= 0.6 is 12.4 Å². The van der Waals surface area contributed by atoms with Gasteiger partial charge >= 0.3 is 6.18 Å². The summed E-state index contributed by atoms with van der Waals surface area (Å²) in [5, 5.41) is 4.63. The Morgan fingerprint density at radius 1 is 1.13 bits per heavy atom. The minimum absolute atomic E-state index is 0. The molecule has 0 amide bonds. The Kier molecular flexibility index (Phi) is 4.15. The summed E-state index contributed by atoms with van der Waals surface area (Å²) in [5.41, 5.74) is -1.25. The van der Waals surface area contributed by atoms with E-state index in [1.54, 1.807) is 0 Å². The molecule has 1 rings (SSSR count). The van der Waals surface area contributed by atoms with Crippen LogP contribution in [0.2, 0.25) is 0 Å². The second kappa shape index (κ2) is 4.38. The van der Waals surface area contributed by atoms with Crippen molar-refractivity contribution in [1.82, 2.24) is 0 Å². The highest BCUT2D eigenvalue weighted by Gasteiger charge is 2.35. The minimum Gasteiger partial charge on any atom is -0.225 e. The second-order valence-electron chi connectivity index (χ2n) is 2.54. The summed E-state index contributed by atoms with van der Waals surface area (Å²) in [5.74, 6) is 0. The molecule has 0 unspecified atom stereocenters. The summed E-state index contributed by atoms with van der Waals surface area (Å²) in [6, 6.07) is 3.75. The third-order valence-electron chi connectivity index (χ3n) is 1.50. The van der Waals surface area contributed by atoms with E-state index in [4.69, 9.17) is 0 Å². The van der Waals surface area contributed by atoms with E-state index in [0.29, 0.717) is 6.07 Å². The summed E-state index contributed by atoms with van der Waals surface area (Å²) >= 11 is 0. The van der Waals surface area contributed by atoms with E-state index in [0.717, 1.165) is 12.1 Å². The molecule has 1 aromatic rings. The number of primary sulfonamides is 1. The van der Waals surface area contributed by atoms with Gasteiger partial charge in [0.1, 0.15) is 0 Å². The van der Waals surface area contributed by atoms with Gasteiger partial charge in [-0.05, 0) is 12.1 Å². The fourth-order valence-electron chi connectivity index (χ4n) is 0.949. The smallest absolute Gasteiger partial charge is 0.225 e. The first-order valence-corrected chi connectivity index (χ1v) is 4.96. The van der Waals surface area contributed by atoms with E-state index < -0.39 is 26.7 Å². The van der Waals surface area contributed by atoms with Crippen LogP contribution in [0.4, 0.5) is 13.2 Å². The molecule has 86 valence electrons. The van der Waals surface area contributed by atoms with Crippen LogP contribution in [0.15, 0.2) is 29.2 Å². The maximum absolute atomic E-state index is 12.3. The number of hydrogen-bond acceptors (Lipinski definition) is 2. The lowest BCUT2D eigenvalue weighted by molar-refractivity contribution is -0.139. The van der Waals surface area contributed by atoms with Gasteiger partial charge in [-0.15, -0.1) is 12.4 Å². The quantitative estimate of drug-likeness (QED) is 0.838. The van der Waals surface area contributed by atoms with Crippen LogP contribution in [0.25, 0.3) is 0 Å². The van der Waals surface area contributed by atoms with Gasteiger partial charge in [-0.1, -0.05) is 12.1 Å². The molecule has 0 heterocycles. The number of halogens is 4. The summed E-state index contributed by atoms with van der Waals surface area (Å²) in [6.07, 6.45) is -4.72. The number of alkyl halides is 3. The Hall–Kier alpha value is -0.790. The third kappa shape index (κ3) is 3.37. The third-order valence-corrected chi connectivity index (χ3v) is 2.47. The van der Waals surface area contributed by atoms with Gasteiger partial charge in [0.25, 0.3) is 0 Å². The molecule has 8 heteroatoms. The van der Waals surface area contributed by atoms with Crippen LogP contribution < -0.4 is 5.14 Å². The van der Waals surface area contributed by atoms with E-state index in [9.17, 15) is 21.6 Å². The summed E-state index contributed by atoms with van der Waals surface area (Å²) in [4.78, 5) is -0.910. The molecule has 15 heavy (non-hydrogen) atoms. The largest absolute Gasteiger partial charge is 0.417 e. The molecule has 3 nitrogen and oxygen atoms in total. The van der Waals surface area contributed by atoms with Crippen molar-refractivity contribution in [3.05, 3.63) is 29.8 Å². The van der Waals surface area contributed by atoms with Crippen molar-refractivity contribution in [1.29, 1.82) is 0 Å². The predicted octanol–water partition coefficient (Wildman–Crippen LogP) is 1.77. The molecule has 0 radical (unpaired) electrons. The SMILES string of the molecule is Cl.NS(=O)(=O)c1ccccc1C(F)(F)F. The first-order valence-electron chi connectivity index (χ1n) is 3.42. The van der Waals surface area contributed by atoms with Gasteiger partial charge in [0.05, 0.1) is 10.5 Å². The van der Waals surface area contributed by atoms with Crippen molar-refractivity contribution in [2.45, 2.75) is 11.1 Å². The number of sulfonamides is 1. The molecule has 0 saturated carbocycles. The van der Waals surface area contributed by atoms with Gasteiger partial charge in [-0.3, -0.25) is 0 Å². The average Bonchev–Trinajstić information content (AvgIpc) is 2.01. The average molecular weight is 262 g/mol. The molecule has 0 fully saturated rings. The van der Waals surface area contributed by atoms with Crippen LogP contribution in [0.5, 0.6) is 0 Å². The van der Waals surface area contributed by atoms with Gasteiger partial charge in [0, 0.05) is 0 Å². The highest BCUT2D eigenvalue weighted by Crippen LogP contribution is 2.33. The zero-order chi connectivity index (χ0) is 11.0. The first-order chi connectivity index (χ1) is 6.23. The fourth-order valence-corrected chi connectivity index (χ4v) is 1.71. The molecule has 0 aromatic heterocycles. The number of benzene rings is 1. The fraction of sp³-hybridized carbons (Fsp3) is 0.143. The summed E-state index contributed by atoms with van der Waals surface area (Å²) in [7, 11) is -4.34. The topological polar surface area (TPSA) is 60.2 Å². The number of hydrogen-bond donors (Lipinski definition) is 1. The molecule has 0 aliphatic rings. The van der Waals surface area contributed by atoms with Crippen molar-refractivity contribution >= 4 is 22.4 Å². The number of nitrogens with two attached hydrogens (primary N) is 1. The van der Waals surface area contributed by atoms with Gasteiger partial charge < -0.3 is 0 Å². The Morgan fingerprint density at radius 2 is 1.60 bits per heavy atom. The van der Waals surface area contributed by atoms with Gasteiger partial charge in [0.15, 0.2) is 0 Å². The first kappa shape index (κ1) is 14.2. The molecule has 0 aliphatic heterocycles. The van der Waals surface area contributed by atoms with E-state index >= 15 is 0 Å². The lowest BCUT2D eigenvalue weighted by Crippen LogP contribution is -2.18. The van der Waals surface area contributed by atoms with E-state index in [2.05, 4.69) is 5.14 Å². The van der Waals surface area contributed by atoms with Crippen LogP contribution in [-0.2, 0) is 16.2 Å². The lowest BCUT2D eigenvalue weighted by Gasteiger charge is -2.10. The standard InChI is InChI=1S/C7H6F3NO2S.ClH/c8-7(9,10)5-3-1-2-4-6(5)14(11,12)13;/h1-4H,(H2,11,12,13);1H. The predicted molar refractivity (Wildman–Crippen MR) is 50.1 cm³/mol. The maximum Gasteiger partial charge on any atom is 0.417 e. The van der Waals surface area contributed by atoms with Gasteiger partial charge in [0.2, 0.25) is 10.0 Å². The number of rotatable bonds is 1. The normalized spacial score (nSPS) is 12.0. The molecular formula is C7H7ClF3NO2S. The Morgan fingerprint density at radius 3 is 1.93 bits per heavy atom. The van der Waals surface area contributed by atoms with E-state index in [1.165, 1.54) is 6.07 Å². The summed E-state index contributed by atoms with van der Waals surface area (Å²) < 4.78 is 58.3. The van der Waals surface area contributed by atoms with Crippen molar-refractivity contribution in [3.63, 3.8) is 0 Å². The van der Waals surface area contributed by atoms with Crippen molar-refractivity contribution in [2.75, 3.05) is 0 Å². The zero-order valence-corrected chi connectivity index (χ0v) is 8.79.